The number of phosphoric ester groups is 1. The van der Waals surface area contributed by atoms with E-state index in [1.165, 1.54) is 180 Å². The average molecular weight is 1380 g/mol. The molecule has 0 bridgehead atoms. The van der Waals surface area contributed by atoms with Gasteiger partial charge in [-0.1, -0.05) is 309 Å². The summed E-state index contributed by atoms with van der Waals surface area (Å²) in [4.78, 5) is 67.5. The van der Waals surface area contributed by atoms with Crippen LogP contribution >= 0.6 is 7.82 Å². The molecule has 13 heteroatoms. The number of esters is 2. The van der Waals surface area contributed by atoms with Crippen molar-refractivity contribution >= 4 is 55.2 Å². The van der Waals surface area contributed by atoms with Gasteiger partial charge < -0.3 is 18.9 Å². The quantitative estimate of drug-likeness (QED) is 0.0119. The fourth-order valence-corrected chi connectivity index (χ4v) is 12.3. The largest absolute Gasteiger partial charge is 2.00 e. The van der Waals surface area contributed by atoms with Crippen molar-refractivity contribution < 1.29 is 51.6 Å². The predicted octanol–water partition coefficient (Wildman–Crippen LogP) is 22.5. The van der Waals surface area contributed by atoms with E-state index in [9.17, 15) is 28.6 Å². The van der Waals surface area contributed by atoms with Crippen molar-refractivity contribution in [1.82, 2.24) is 0 Å². The molecule has 0 saturated heterocycles. The molecule has 0 amide bonds. The molecule has 4 unspecified atom stereocenters. The molecule has 0 heterocycles. The Bertz CT molecular complexity index is 1700. The summed E-state index contributed by atoms with van der Waals surface area (Å²) in [5, 5.41) is 0. The molecule has 0 aromatic carbocycles. The van der Waals surface area contributed by atoms with Crippen molar-refractivity contribution in [2.75, 3.05) is 47.5 Å². The van der Waals surface area contributed by atoms with Gasteiger partial charge in [-0.25, -0.2) is 4.57 Å². The Kier molecular flexibility index (Phi) is 67.2. The molecule has 11 nitrogen and oxygen atoms in total. The zero-order valence-electron chi connectivity index (χ0n) is 59.6. The van der Waals surface area contributed by atoms with Crippen LogP contribution in [0.1, 0.15) is 374 Å². The second-order valence-electron chi connectivity index (χ2n) is 27.4. The molecule has 0 aliphatic rings. The molecular formula is C76H145NO10PSn+3. The van der Waals surface area contributed by atoms with Crippen molar-refractivity contribution in [2.45, 2.75) is 381 Å². The number of likely N-dealkylation sites (N-methyl/N-ethyl adjacent to an activating group) is 1. The molecule has 0 fully saturated rings. The van der Waals surface area contributed by atoms with Gasteiger partial charge in [0.05, 0.1) is 27.7 Å². The van der Waals surface area contributed by atoms with Crippen LogP contribution < -0.4 is 0 Å². The maximum absolute atomic E-state index is 14.4. The zero-order chi connectivity index (χ0) is 64.7. The van der Waals surface area contributed by atoms with Gasteiger partial charge in [-0.05, 0) is 77.0 Å². The third kappa shape index (κ3) is 62.5. The number of rotatable bonds is 70. The summed E-state index contributed by atoms with van der Waals surface area (Å²) in [5.74, 6) is -3.70. The average Bonchev–Trinajstić information content (AvgIpc) is 3.70. The number of nitrogens with zero attached hydrogens (tertiary/aromatic N) is 1. The molecule has 0 aromatic rings. The summed E-state index contributed by atoms with van der Waals surface area (Å²) in [6.07, 6.45) is 67.2. The number of carbonyl (C=O) groups is 4. The van der Waals surface area contributed by atoms with E-state index in [4.69, 9.17) is 18.5 Å². The number of quaternary nitrogens is 1. The van der Waals surface area contributed by atoms with Crippen molar-refractivity contribution in [2.24, 2.45) is 11.8 Å². The normalized spacial score (nSPS) is 13.6. The summed E-state index contributed by atoms with van der Waals surface area (Å²) < 4.78 is 36.5. The van der Waals surface area contributed by atoms with E-state index < -0.39 is 50.9 Å². The molecule has 0 aliphatic heterocycles. The minimum absolute atomic E-state index is 0. The van der Waals surface area contributed by atoms with Gasteiger partial charge in [0.15, 0.2) is 6.10 Å². The van der Waals surface area contributed by atoms with Crippen LogP contribution in [-0.2, 0) is 42.3 Å². The van der Waals surface area contributed by atoms with Gasteiger partial charge in [0.1, 0.15) is 43.2 Å². The molecule has 0 aromatic heterocycles. The Labute approximate surface area is 567 Å². The van der Waals surface area contributed by atoms with Gasteiger partial charge in [-0.15, -0.1) is 0 Å². The van der Waals surface area contributed by atoms with Crippen molar-refractivity contribution in [3.63, 3.8) is 0 Å². The number of Topliss-reactive ketones (excluding diaryl/α,β-unsaturated/α-hetero) is 2. The number of ketones is 2. The molecule has 4 atom stereocenters. The third-order valence-electron chi connectivity index (χ3n) is 17.5. The summed E-state index contributed by atoms with van der Waals surface area (Å²) in [6.45, 7) is 8.30. The first-order valence-corrected chi connectivity index (χ1v) is 39.4. The molecule has 2 radical (unpaired) electrons. The number of allylic oxidation sites excluding steroid dienone is 4. The minimum atomic E-state index is -4.63. The van der Waals surface area contributed by atoms with Gasteiger partial charge in [-0.3, -0.25) is 28.2 Å². The molecule has 0 rings (SSSR count). The monoisotopic (exact) mass is 1380 g/mol. The first-order chi connectivity index (χ1) is 42.7. The van der Waals surface area contributed by atoms with Crippen LogP contribution in [-0.4, -0.2) is 110 Å². The molecule has 520 valence electrons. The van der Waals surface area contributed by atoms with E-state index in [0.717, 1.165) is 116 Å². The minimum Gasteiger partial charge on any atom is -0.461 e. The van der Waals surface area contributed by atoms with E-state index in [1.807, 2.05) is 21.1 Å². The van der Waals surface area contributed by atoms with Crippen LogP contribution in [0.4, 0.5) is 0 Å². The number of hydrogen-bond donors (Lipinski definition) is 1. The Morgan fingerprint density at radius 2 is 0.663 bits per heavy atom. The number of hydrogen-bond acceptors (Lipinski definition) is 9. The number of carbonyl (C=O) groups excluding carboxylic acids is 4. The summed E-state index contributed by atoms with van der Waals surface area (Å²) in [6, 6.07) is 0. The van der Waals surface area contributed by atoms with Crippen LogP contribution in [0.3, 0.4) is 0 Å². The SMILES string of the molecule is CCCCCCCC/C=C\CCCCCCCC(=O)C(CCCCCCCCCCCCCC)C(=O)OCC(COP(=O)(O)OCC[N+](C)(C)C)OC(=O)C(CCCCCCCCCCCCCC)C(=O)CCCCCCC/C=C\CCCCCCCC.[Sn+2]. The van der Waals surface area contributed by atoms with Gasteiger partial charge in [-0.2, -0.15) is 0 Å². The van der Waals surface area contributed by atoms with Gasteiger partial charge in [0.2, 0.25) is 0 Å². The molecule has 89 heavy (non-hydrogen) atoms. The van der Waals surface area contributed by atoms with E-state index >= 15 is 0 Å². The van der Waals surface area contributed by atoms with Crippen molar-refractivity contribution in [3.8, 4) is 0 Å². The molecule has 0 spiro atoms. The predicted molar refractivity (Wildman–Crippen MR) is 379 cm³/mol. The first kappa shape index (κ1) is 89.7. The molecular weight excluding hydrogens is 1240 g/mol. The first-order valence-electron chi connectivity index (χ1n) is 37.9. The Morgan fingerprint density at radius 1 is 0.382 bits per heavy atom. The fourth-order valence-electron chi connectivity index (χ4n) is 11.6. The smallest absolute Gasteiger partial charge is 0.461 e. The van der Waals surface area contributed by atoms with Gasteiger partial charge in [0, 0.05) is 12.8 Å². The second kappa shape index (κ2) is 66.6. The maximum Gasteiger partial charge on any atom is 2.00 e. The van der Waals surface area contributed by atoms with Crippen LogP contribution in [0.2, 0.25) is 0 Å². The fraction of sp³-hybridized carbons (Fsp3) is 0.895. The Hall–Kier alpha value is -1.37. The summed E-state index contributed by atoms with van der Waals surface area (Å²) in [5.41, 5.74) is 0. The van der Waals surface area contributed by atoms with Crippen molar-refractivity contribution in [3.05, 3.63) is 24.3 Å². The van der Waals surface area contributed by atoms with E-state index in [-0.39, 0.29) is 54.9 Å². The molecule has 1 N–H and O–H groups in total. The third-order valence-corrected chi connectivity index (χ3v) is 18.5. The zero-order valence-corrected chi connectivity index (χ0v) is 63.3. The van der Waals surface area contributed by atoms with E-state index in [1.54, 1.807) is 0 Å². The molecule has 0 saturated carbocycles. The van der Waals surface area contributed by atoms with Gasteiger partial charge >= 0.3 is 43.7 Å². The van der Waals surface area contributed by atoms with Crippen LogP contribution in [0.5, 0.6) is 0 Å². The molecule has 0 aliphatic carbocycles. The van der Waals surface area contributed by atoms with Crippen LogP contribution in [0.25, 0.3) is 0 Å². The number of ether oxygens (including phenoxy) is 2. The summed E-state index contributed by atoms with van der Waals surface area (Å²) >= 11 is 0. The number of phosphoric acid groups is 1. The van der Waals surface area contributed by atoms with E-state index in [2.05, 4.69) is 52.0 Å². The van der Waals surface area contributed by atoms with E-state index in [0.29, 0.717) is 49.6 Å². The van der Waals surface area contributed by atoms with Crippen LogP contribution in [0.15, 0.2) is 24.3 Å². The Morgan fingerprint density at radius 3 is 0.978 bits per heavy atom. The second-order valence-corrected chi connectivity index (χ2v) is 28.8. The maximum atomic E-state index is 14.4. The van der Waals surface area contributed by atoms with Crippen LogP contribution in [0, 0.1) is 11.8 Å². The number of unbranched alkanes of at least 4 members (excludes halogenated alkanes) is 44. The Balaban J connectivity index is 0. The topological polar surface area (TPSA) is 143 Å². The van der Waals surface area contributed by atoms with Crippen molar-refractivity contribution in [1.29, 1.82) is 0 Å². The summed E-state index contributed by atoms with van der Waals surface area (Å²) in [7, 11) is 1.20. The van der Waals surface area contributed by atoms with Gasteiger partial charge in [0.25, 0.3) is 0 Å². The standard InChI is InChI=1S/C76H144NO10P.Sn/c1-8-12-16-20-24-28-32-36-38-40-44-48-52-56-60-64-73(78)71(62-58-54-50-46-42-34-30-26-22-18-14-10-3)75(80)84-68-70(69-86-88(82,83)85-67-66-77(5,6)7)87-76(81)72(63-59-55-51-47-43-35-31-27-23-19-15-11-4)74(79)65-61-57-53-49-45-41-39-37-33-29-25-21-17-13-9-2;/h36-39,70-72H,8-35,40-69H2,1-7H3;/q;+2/p+1/b38-36-,39-37-;.